The summed E-state index contributed by atoms with van der Waals surface area (Å²) in [4.78, 5) is 34.8. The van der Waals surface area contributed by atoms with E-state index in [0.717, 1.165) is 0 Å². The van der Waals surface area contributed by atoms with Crippen molar-refractivity contribution < 1.29 is 28.6 Å². The standard InChI is InChI=1S/C21H17FN2O5/c22-13-4-3-5-14(10-13)24-21(28)17-8-9-18(16-7-2-1-6-15(16)17)29-12-19(25)23-11-20(26)27/h1-10H,11-12H2,(H,23,25)(H,24,28)(H,26,27). The first-order valence-electron chi connectivity index (χ1n) is 8.64. The third kappa shape index (κ3) is 5.07. The molecule has 3 N–H and O–H groups in total. The van der Waals surface area contributed by atoms with E-state index in [9.17, 15) is 18.8 Å². The summed E-state index contributed by atoms with van der Waals surface area (Å²) < 4.78 is 18.8. The summed E-state index contributed by atoms with van der Waals surface area (Å²) in [5.74, 6) is -2.25. The van der Waals surface area contributed by atoms with Crippen molar-refractivity contribution >= 4 is 34.2 Å². The molecule has 0 heterocycles. The van der Waals surface area contributed by atoms with Crippen LogP contribution in [0.1, 0.15) is 10.4 Å². The molecule has 2 amide bonds. The number of fused-ring (bicyclic) bond motifs is 1. The van der Waals surface area contributed by atoms with Crippen LogP contribution in [-0.2, 0) is 9.59 Å². The van der Waals surface area contributed by atoms with E-state index in [1.807, 2.05) is 0 Å². The maximum atomic E-state index is 13.3. The van der Waals surface area contributed by atoms with Gasteiger partial charge in [-0.1, -0.05) is 30.3 Å². The fourth-order valence-corrected chi connectivity index (χ4v) is 2.73. The van der Waals surface area contributed by atoms with Gasteiger partial charge in [0, 0.05) is 16.6 Å². The van der Waals surface area contributed by atoms with Gasteiger partial charge in [-0.15, -0.1) is 0 Å². The SMILES string of the molecule is O=C(O)CNC(=O)COc1ccc(C(=O)Nc2cccc(F)c2)c2ccccc12. The number of carboxylic acid groups (broad SMARTS) is 1. The molecule has 0 aliphatic heterocycles. The van der Waals surface area contributed by atoms with Crippen LogP contribution >= 0.6 is 0 Å². The Morgan fingerprint density at radius 2 is 1.72 bits per heavy atom. The average molecular weight is 396 g/mol. The Kier molecular flexibility index (Phi) is 6.03. The van der Waals surface area contributed by atoms with Gasteiger partial charge in [-0.05, 0) is 35.7 Å². The number of hydrogen-bond donors (Lipinski definition) is 3. The van der Waals surface area contributed by atoms with E-state index in [4.69, 9.17) is 9.84 Å². The fraction of sp³-hybridized carbons (Fsp3) is 0.0952. The summed E-state index contributed by atoms with van der Waals surface area (Å²) in [5, 5.41) is 14.6. The molecule has 0 saturated carbocycles. The lowest BCUT2D eigenvalue weighted by atomic mass is 10.0. The van der Waals surface area contributed by atoms with Gasteiger partial charge in [0.25, 0.3) is 11.8 Å². The van der Waals surface area contributed by atoms with E-state index < -0.39 is 30.1 Å². The number of carbonyl (C=O) groups is 3. The van der Waals surface area contributed by atoms with Crippen LogP contribution in [0, 0.1) is 5.82 Å². The molecule has 0 aliphatic rings. The summed E-state index contributed by atoms with van der Waals surface area (Å²) in [5.41, 5.74) is 0.682. The van der Waals surface area contributed by atoms with Crippen LogP contribution < -0.4 is 15.4 Å². The number of amides is 2. The molecule has 0 aromatic heterocycles. The Hall–Kier alpha value is -3.94. The average Bonchev–Trinajstić information content (AvgIpc) is 2.70. The van der Waals surface area contributed by atoms with Crippen LogP contribution in [-0.4, -0.2) is 36.0 Å². The highest BCUT2D eigenvalue weighted by molar-refractivity contribution is 6.14. The monoisotopic (exact) mass is 396 g/mol. The summed E-state index contributed by atoms with van der Waals surface area (Å²) >= 11 is 0. The number of aliphatic carboxylic acids is 1. The zero-order chi connectivity index (χ0) is 20.8. The van der Waals surface area contributed by atoms with Crippen LogP contribution in [0.25, 0.3) is 10.8 Å². The van der Waals surface area contributed by atoms with Gasteiger partial charge >= 0.3 is 5.97 Å². The molecular weight excluding hydrogens is 379 g/mol. The summed E-state index contributed by atoms with van der Waals surface area (Å²) in [7, 11) is 0. The Balaban J connectivity index is 1.80. The van der Waals surface area contributed by atoms with Gasteiger partial charge in [0.2, 0.25) is 0 Å². The van der Waals surface area contributed by atoms with Gasteiger partial charge < -0.3 is 20.5 Å². The summed E-state index contributed by atoms with van der Waals surface area (Å²) in [6, 6.07) is 15.6. The van der Waals surface area contributed by atoms with E-state index in [-0.39, 0.29) is 6.61 Å². The Bertz CT molecular complexity index is 1080. The molecule has 0 aliphatic carbocycles. The fourth-order valence-electron chi connectivity index (χ4n) is 2.73. The predicted molar refractivity (Wildman–Crippen MR) is 104 cm³/mol. The van der Waals surface area contributed by atoms with Crippen molar-refractivity contribution in [1.82, 2.24) is 5.32 Å². The van der Waals surface area contributed by atoms with Crippen LogP contribution in [0.15, 0.2) is 60.7 Å². The molecule has 7 nitrogen and oxygen atoms in total. The lowest BCUT2D eigenvalue weighted by Gasteiger charge is -2.13. The molecule has 0 fully saturated rings. The van der Waals surface area contributed by atoms with Crippen molar-refractivity contribution in [2.24, 2.45) is 0 Å². The highest BCUT2D eigenvalue weighted by Crippen LogP contribution is 2.29. The molecule has 29 heavy (non-hydrogen) atoms. The highest BCUT2D eigenvalue weighted by Gasteiger charge is 2.14. The quantitative estimate of drug-likeness (QED) is 0.570. The molecule has 0 unspecified atom stereocenters. The number of ether oxygens (including phenoxy) is 1. The number of carbonyl (C=O) groups excluding carboxylic acids is 2. The lowest BCUT2D eigenvalue weighted by Crippen LogP contribution is -2.33. The van der Waals surface area contributed by atoms with Crippen molar-refractivity contribution in [2.75, 3.05) is 18.5 Å². The van der Waals surface area contributed by atoms with E-state index in [0.29, 0.717) is 27.8 Å². The molecule has 3 aromatic carbocycles. The van der Waals surface area contributed by atoms with Crippen molar-refractivity contribution in [3.63, 3.8) is 0 Å². The molecule has 0 spiro atoms. The van der Waals surface area contributed by atoms with Crippen molar-refractivity contribution in [1.29, 1.82) is 0 Å². The molecule has 8 heteroatoms. The minimum Gasteiger partial charge on any atom is -0.483 e. The van der Waals surface area contributed by atoms with Crippen molar-refractivity contribution in [2.45, 2.75) is 0 Å². The van der Waals surface area contributed by atoms with E-state index in [1.54, 1.807) is 42.5 Å². The van der Waals surface area contributed by atoms with Gasteiger partial charge in [-0.2, -0.15) is 0 Å². The minimum atomic E-state index is -1.16. The van der Waals surface area contributed by atoms with Gasteiger partial charge in [-0.25, -0.2) is 4.39 Å². The van der Waals surface area contributed by atoms with Gasteiger partial charge in [0.1, 0.15) is 18.1 Å². The summed E-state index contributed by atoms with van der Waals surface area (Å²) in [6.07, 6.45) is 0. The van der Waals surface area contributed by atoms with Crippen molar-refractivity contribution in [3.05, 3.63) is 72.0 Å². The topological polar surface area (TPSA) is 105 Å². The third-order valence-electron chi connectivity index (χ3n) is 4.01. The predicted octanol–water partition coefficient (Wildman–Crippen LogP) is 2.81. The molecular formula is C21H17FN2O5. The number of anilines is 1. The second kappa shape index (κ2) is 8.83. The van der Waals surface area contributed by atoms with Crippen LogP contribution in [0.3, 0.4) is 0 Å². The normalized spacial score (nSPS) is 10.4. The molecule has 148 valence electrons. The minimum absolute atomic E-state index is 0.328. The van der Waals surface area contributed by atoms with E-state index in [1.165, 1.54) is 18.2 Å². The maximum absolute atomic E-state index is 13.3. The second-order valence-electron chi connectivity index (χ2n) is 6.08. The number of benzene rings is 3. The number of hydrogen-bond acceptors (Lipinski definition) is 4. The lowest BCUT2D eigenvalue weighted by molar-refractivity contribution is -0.138. The van der Waals surface area contributed by atoms with E-state index >= 15 is 0 Å². The van der Waals surface area contributed by atoms with Crippen LogP contribution in [0.4, 0.5) is 10.1 Å². The molecule has 0 saturated heterocycles. The molecule has 3 aromatic rings. The molecule has 0 radical (unpaired) electrons. The zero-order valence-electron chi connectivity index (χ0n) is 15.1. The Morgan fingerprint density at radius 1 is 0.966 bits per heavy atom. The molecule has 0 bridgehead atoms. The maximum Gasteiger partial charge on any atom is 0.322 e. The number of rotatable bonds is 7. The smallest absolute Gasteiger partial charge is 0.322 e. The zero-order valence-corrected chi connectivity index (χ0v) is 15.1. The van der Waals surface area contributed by atoms with Crippen LogP contribution in [0.5, 0.6) is 5.75 Å². The number of nitrogens with one attached hydrogen (secondary N) is 2. The van der Waals surface area contributed by atoms with Gasteiger partial charge in [0.15, 0.2) is 6.61 Å². The van der Waals surface area contributed by atoms with Gasteiger partial charge in [-0.3, -0.25) is 14.4 Å². The largest absolute Gasteiger partial charge is 0.483 e. The molecule has 3 rings (SSSR count). The number of halogens is 1. The van der Waals surface area contributed by atoms with E-state index in [2.05, 4.69) is 10.6 Å². The number of carboxylic acids is 1. The van der Waals surface area contributed by atoms with Gasteiger partial charge in [0.05, 0.1) is 0 Å². The first kappa shape index (κ1) is 19.8. The Morgan fingerprint density at radius 3 is 2.45 bits per heavy atom. The van der Waals surface area contributed by atoms with Crippen LogP contribution in [0.2, 0.25) is 0 Å². The highest BCUT2D eigenvalue weighted by atomic mass is 19.1. The Labute approximate surface area is 165 Å². The third-order valence-corrected chi connectivity index (χ3v) is 4.01. The summed E-state index contributed by atoms with van der Waals surface area (Å²) in [6.45, 7) is -0.867. The first-order chi connectivity index (χ1) is 13.9. The first-order valence-corrected chi connectivity index (χ1v) is 8.64. The second-order valence-corrected chi connectivity index (χ2v) is 6.08. The van der Waals surface area contributed by atoms with Crippen molar-refractivity contribution in [3.8, 4) is 5.75 Å². The molecule has 0 atom stereocenters.